The highest BCUT2D eigenvalue weighted by molar-refractivity contribution is 7.98. The SMILES string of the molecule is CSc1cccc(OCc2ccccc2F)c1C#N. The molecule has 0 amide bonds. The van der Waals surface area contributed by atoms with Crippen LogP contribution in [-0.4, -0.2) is 6.26 Å². The number of benzene rings is 2. The lowest BCUT2D eigenvalue weighted by atomic mass is 10.2. The molecule has 96 valence electrons. The molecule has 0 bridgehead atoms. The minimum atomic E-state index is -0.304. The molecule has 0 aliphatic carbocycles. The molecule has 0 aliphatic heterocycles. The molecule has 2 aromatic rings. The van der Waals surface area contributed by atoms with Gasteiger partial charge in [-0.15, -0.1) is 11.8 Å². The van der Waals surface area contributed by atoms with E-state index in [2.05, 4.69) is 6.07 Å². The first-order valence-corrected chi connectivity index (χ1v) is 6.92. The van der Waals surface area contributed by atoms with Crippen LogP contribution in [0, 0.1) is 17.1 Å². The average molecular weight is 273 g/mol. The van der Waals surface area contributed by atoms with Crippen LogP contribution < -0.4 is 4.74 Å². The van der Waals surface area contributed by atoms with E-state index < -0.39 is 0 Å². The van der Waals surface area contributed by atoms with Crippen molar-refractivity contribution in [2.45, 2.75) is 11.5 Å². The molecular weight excluding hydrogens is 261 g/mol. The summed E-state index contributed by atoms with van der Waals surface area (Å²) in [7, 11) is 0. The van der Waals surface area contributed by atoms with Crippen molar-refractivity contribution < 1.29 is 9.13 Å². The Balaban J connectivity index is 2.21. The van der Waals surface area contributed by atoms with E-state index in [1.165, 1.54) is 17.8 Å². The van der Waals surface area contributed by atoms with E-state index in [4.69, 9.17) is 10.00 Å². The molecule has 0 saturated heterocycles. The van der Waals surface area contributed by atoms with Gasteiger partial charge in [-0.3, -0.25) is 0 Å². The maximum Gasteiger partial charge on any atom is 0.138 e. The van der Waals surface area contributed by atoms with Gasteiger partial charge in [-0.05, 0) is 24.5 Å². The van der Waals surface area contributed by atoms with Crippen molar-refractivity contribution >= 4 is 11.8 Å². The number of nitrogens with zero attached hydrogens (tertiary/aromatic N) is 1. The largest absolute Gasteiger partial charge is 0.487 e. The minimum Gasteiger partial charge on any atom is -0.487 e. The molecule has 0 heterocycles. The average Bonchev–Trinajstić information content (AvgIpc) is 2.45. The molecule has 19 heavy (non-hydrogen) atoms. The number of thioether (sulfide) groups is 1. The molecule has 0 radical (unpaired) electrons. The maximum absolute atomic E-state index is 13.5. The third-order valence-corrected chi connectivity index (χ3v) is 3.44. The zero-order valence-electron chi connectivity index (χ0n) is 10.4. The van der Waals surface area contributed by atoms with Crippen LogP contribution in [0.2, 0.25) is 0 Å². The van der Waals surface area contributed by atoms with E-state index in [1.807, 2.05) is 18.4 Å². The standard InChI is InChI=1S/C15H12FNOS/c1-19-15-8-4-7-14(12(15)9-17)18-10-11-5-2-3-6-13(11)16/h2-8H,10H2,1H3. The smallest absolute Gasteiger partial charge is 0.138 e. The van der Waals surface area contributed by atoms with Crippen LogP contribution in [0.1, 0.15) is 11.1 Å². The van der Waals surface area contributed by atoms with Crippen molar-refractivity contribution in [2.75, 3.05) is 6.26 Å². The molecule has 0 spiro atoms. The molecule has 0 unspecified atom stereocenters. The van der Waals surface area contributed by atoms with Gasteiger partial charge in [0, 0.05) is 10.5 Å². The molecule has 0 atom stereocenters. The Kier molecular flexibility index (Phi) is 4.43. The number of halogens is 1. The summed E-state index contributed by atoms with van der Waals surface area (Å²) in [6.07, 6.45) is 1.90. The predicted molar refractivity (Wildman–Crippen MR) is 73.7 cm³/mol. The lowest BCUT2D eigenvalue weighted by Crippen LogP contribution is -2.00. The molecular formula is C15H12FNOS. The first-order valence-electron chi connectivity index (χ1n) is 5.69. The van der Waals surface area contributed by atoms with Gasteiger partial charge < -0.3 is 4.74 Å². The number of hydrogen-bond donors (Lipinski definition) is 0. The van der Waals surface area contributed by atoms with Crippen molar-refractivity contribution in [3.05, 3.63) is 59.4 Å². The normalized spacial score (nSPS) is 9.95. The van der Waals surface area contributed by atoms with Crippen LogP contribution in [-0.2, 0) is 6.61 Å². The predicted octanol–water partition coefficient (Wildman–Crippen LogP) is 4.00. The summed E-state index contributed by atoms with van der Waals surface area (Å²) >= 11 is 1.48. The molecule has 2 aromatic carbocycles. The Labute approximate surface area is 115 Å². The zero-order chi connectivity index (χ0) is 13.7. The van der Waals surface area contributed by atoms with Crippen LogP contribution in [0.25, 0.3) is 0 Å². The monoisotopic (exact) mass is 273 g/mol. The van der Waals surface area contributed by atoms with Crippen LogP contribution in [0.5, 0.6) is 5.75 Å². The molecule has 4 heteroatoms. The molecule has 2 rings (SSSR count). The van der Waals surface area contributed by atoms with E-state index in [0.717, 1.165) is 4.90 Å². The van der Waals surface area contributed by atoms with Crippen molar-refractivity contribution in [3.8, 4) is 11.8 Å². The lowest BCUT2D eigenvalue weighted by Gasteiger charge is -2.10. The quantitative estimate of drug-likeness (QED) is 0.789. The van der Waals surface area contributed by atoms with Crippen molar-refractivity contribution in [3.63, 3.8) is 0 Å². The fourth-order valence-corrected chi connectivity index (χ4v) is 2.25. The molecule has 0 aliphatic rings. The van der Waals surface area contributed by atoms with Crippen molar-refractivity contribution in [2.24, 2.45) is 0 Å². The summed E-state index contributed by atoms with van der Waals surface area (Å²) in [6, 6.07) is 14.0. The molecule has 0 fully saturated rings. The molecule has 0 aromatic heterocycles. The number of rotatable bonds is 4. The molecule has 2 nitrogen and oxygen atoms in total. The van der Waals surface area contributed by atoms with Crippen LogP contribution >= 0.6 is 11.8 Å². The Hall–Kier alpha value is -1.99. The number of nitriles is 1. The zero-order valence-corrected chi connectivity index (χ0v) is 11.2. The topological polar surface area (TPSA) is 33.0 Å². The summed E-state index contributed by atoms with van der Waals surface area (Å²) in [6.45, 7) is 0.110. The Morgan fingerprint density at radius 3 is 2.68 bits per heavy atom. The number of ether oxygens (including phenoxy) is 1. The second-order valence-corrected chi connectivity index (χ2v) is 4.67. The fraction of sp³-hybridized carbons (Fsp3) is 0.133. The minimum absolute atomic E-state index is 0.110. The van der Waals surface area contributed by atoms with Gasteiger partial charge in [0.15, 0.2) is 0 Å². The summed E-state index contributed by atoms with van der Waals surface area (Å²) in [5.74, 6) is 0.180. The summed E-state index contributed by atoms with van der Waals surface area (Å²) in [5.41, 5.74) is 0.965. The third kappa shape index (κ3) is 3.07. The van der Waals surface area contributed by atoms with E-state index in [0.29, 0.717) is 16.9 Å². The van der Waals surface area contributed by atoms with Gasteiger partial charge in [-0.1, -0.05) is 24.3 Å². The van der Waals surface area contributed by atoms with Gasteiger partial charge >= 0.3 is 0 Å². The van der Waals surface area contributed by atoms with Gasteiger partial charge in [-0.25, -0.2) is 4.39 Å². The van der Waals surface area contributed by atoms with Crippen LogP contribution in [0.3, 0.4) is 0 Å². The summed E-state index contributed by atoms with van der Waals surface area (Å²) in [4.78, 5) is 0.855. The van der Waals surface area contributed by atoms with Gasteiger partial charge in [0.05, 0.1) is 0 Å². The second-order valence-electron chi connectivity index (χ2n) is 3.83. The summed E-state index contributed by atoms with van der Waals surface area (Å²) in [5, 5.41) is 9.16. The first-order chi connectivity index (χ1) is 9.26. The third-order valence-electron chi connectivity index (χ3n) is 2.66. The van der Waals surface area contributed by atoms with Crippen molar-refractivity contribution in [1.29, 1.82) is 5.26 Å². The van der Waals surface area contributed by atoms with Gasteiger partial charge in [0.25, 0.3) is 0 Å². The van der Waals surface area contributed by atoms with Crippen LogP contribution in [0.15, 0.2) is 47.4 Å². The fourth-order valence-electron chi connectivity index (χ4n) is 1.68. The van der Waals surface area contributed by atoms with E-state index in [1.54, 1.807) is 24.3 Å². The van der Waals surface area contributed by atoms with Crippen molar-refractivity contribution in [1.82, 2.24) is 0 Å². The van der Waals surface area contributed by atoms with Gasteiger partial charge in [-0.2, -0.15) is 5.26 Å². The van der Waals surface area contributed by atoms with E-state index >= 15 is 0 Å². The Bertz CT molecular complexity index is 622. The van der Waals surface area contributed by atoms with E-state index in [9.17, 15) is 4.39 Å². The number of hydrogen-bond acceptors (Lipinski definition) is 3. The second kappa shape index (κ2) is 6.26. The first kappa shape index (κ1) is 13.4. The van der Waals surface area contributed by atoms with Gasteiger partial charge in [0.2, 0.25) is 0 Å². The highest BCUT2D eigenvalue weighted by atomic mass is 32.2. The van der Waals surface area contributed by atoms with E-state index in [-0.39, 0.29) is 12.4 Å². The van der Waals surface area contributed by atoms with Gasteiger partial charge in [0.1, 0.15) is 29.8 Å². The highest BCUT2D eigenvalue weighted by Crippen LogP contribution is 2.28. The van der Waals surface area contributed by atoms with Crippen LogP contribution in [0.4, 0.5) is 4.39 Å². The Morgan fingerprint density at radius 2 is 2.00 bits per heavy atom. The maximum atomic E-state index is 13.5. The molecule has 0 N–H and O–H groups in total. The Morgan fingerprint density at radius 1 is 1.21 bits per heavy atom. The lowest BCUT2D eigenvalue weighted by molar-refractivity contribution is 0.298. The summed E-state index contributed by atoms with van der Waals surface area (Å²) < 4.78 is 19.0. The highest BCUT2D eigenvalue weighted by Gasteiger charge is 2.09. The molecule has 0 saturated carbocycles.